The molecule has 128 valence electrons. The Labute approximate surface area is 147 Å². The molecule has 0 spiro atoms. The molecule has 0 aromatic heterocycles. The van der Waals surface area contributed by atoms with Gasteiger partial charge in [-0.15, -0.1) is 0 Å². The van der Waals surface area contributed by atoms with Gasteiger partial charge in [-0.1, -0.05) is 37.6 Å². The minimum absolute atomic E-state index is 0.246. The molecule has 0 heterocycles. The summed E-state index contributed by atoms with van der Waals surface area (Å²) < 4.78 is 10.8. The molecule has 1 N–H and O–H groups in total. The van der Waals surface area contributed by atoms with Crippen molar-refractivity contribution in [1.29, 1.82) is 0 Å². The lowest BCUT2D eigenvalue weighted by Crippen LogP contribution is -2.30. The molecule has 0 saturated carbocycles. The number of amides is 1. The summed E-state index contributed by atoms with van der Waals surface area (Å²) in [5.74, 6) is 1.43. The van der Waals surface area contributed by atoms with Crippen LogP contribution in [0.5, 0.6) is 11.5 Å². The van der Waals surface area contributed by atoms with Gasteiger partial charge in [0.05, 0.1) is 12.1 Å². The number of halogens is 1. The van der Waals surface area contributed by atoms with Gasteiger partial charge < -0.3 is 14.8 Å². The maximum atomic E-state index is 12.2. The van der Waals surface area contributed by atoms with Gasteiger partial charge in [-0.3, -0.25) is 4.79 Å². The Morgan fingerprint density at radius 2 is 1.75 bits per heavy atom. The summed E-state index contributed by atoms with van der Waals surface area (Å²) in [6.45, 7) is 5.97. The van der Waals surface area contributed by atoms with Crippen molar-refractivity contribution in [2.45, 2.75) is 32.8 Å². The van der Waals surface area contributed by atoms with Crippen LogP contribution in [0.3, 0.4) is 0 Å². The van der Waals surface area contributed by atoms with E-state index in [2.05, 4.69) is 19.2 Å². The van der Waals surface area contributed by atoms with Crippen LogP contribution < -0.4 is 14.8 Å². The minimum atomic E-state index is -0.629. The van der Waals surface area contributed by atoms with Crippen LogP contribution in [-0.2, 0) is 4.79 Å². The number of carbonyl (C=O) groups is 1. The van der Waals surface area contributed by atoms with E-state index in [0.717, 1.165) is 0 Å². The molecule has 5 heteroatoms. The molecule has 4 nitrogen and oxygen atoms in total. The van der Waals surface area contributed by atoms with Gasteiger partial charge in [0.1, 0.15) is 11.5 Å². The molecule has 1 atom stereocenters. The zero-order chi connectivity index (χ0) is 17.7. The standard InChI is InChI=1S/C19H22ClNO3/c1-12(2)14-5-8-16(9-6-14)24-13(3)19(22)21-15-7-10-18(23-4)17(20)11-15/h5-13H,1-4H3,(H,21,22)/t13-/m0/s1. The number of benzene rings is 2. The van der Waals surface area contributed by atoms with Crippen LogP contribution in [0.2, 0.25) is 5.02 Å². The highest BCUT2D eigenvalue weighted by Gasteiger charge is 2.15. The molecule has 2 aromatic carbocycles. The van der Waals surface area contributed by atoms with E-state index in [1.165, 1.54) is 5.56 Å². The summed E-state index contributed by atoms with van der Waals surface area (Å²) >= 11 is 6.06. The number of rotatable bonds is 6. The van der Waals surface area contributed by atoms with Crippen molar-refractivity contribution in [3.05, 3.63) is 53.1 Å². The van der Waals surface area contributed by atoms with Crippen LogP contribution in [0.4, 0.5) is 5.69 Å². The van der Waals surface area contributed by atoms with Crippen LogP contribution >= 0.6 is 11.6 Å². The molecule has 0 radical (unpaired) electrons. The fourth-order valence-corrected chi connectivity index (χ4v) is 2.43. The molecule has 0 saturated heterocycles. The SMILES string of the molecule is COc1ccc(NC(=O)[C@H](C)Oc2ccc(C(C)C)cc2)cc1Cl. The van der Waals surface area contributed by atoms with Crippen LogP contribution in [0, 0.1) is 0 Å². The van der Waals surface area contributed by atoms with E-state index in [1.54, 1.807) is 32.2 Å². The van der Waals surface area contributed by atoms with Crippen molar-refractivity contribution in [1.82, 2.24) is 0 Å². The lowest BCUT2D eigenvalue weighted by Gasteiger charge is -2.16. The molecular weight excluding hydrogens is 326 g/mol. The van der Waals surface area contributed by atoms with Gasteiger partial charge in [0.15, 0.2) is 6.10 Å². The molecule has 2 aromatic rings. The fourth-order valence-electron chi connectivity index (χ4n) is 2.18. The largest absolute Gasteiger partial charge is 0.495 e. The highest BCUT2D eigenvalue weighted by molar-refractivity contribution is 6.32. The Morgan fingerprint density at radius 3 is 2.29 bits per heavy atom. The smallest absolute Gasteiger partial charge is 0.265 e. The van der Waals surface area contributed by atoms with Crippen molar-refractivity contribution in [3.63, 3.8) is 0 Å². The molecule has 0 fully saturated rings. The molecule has 0 bridgehead atoms. The summed E-state index contributed by atoms with van der Waals surface area (Å²) in [7, 11) is 1.54. The maximum absolute atomic E-state index is 12.2. The summed E-state index contributed by atoms with van der Waals surface area (Å²) in [5, 5.41) is 3.22. The van der Waals surface area contributed by atoms with Gasteiger partial charge in [0, 0.05) is 5.69 Å². The predicted octanol–water partition coefficient (Wildman–Crippen LogP) is 4.88. The molecule has 24 heavy (non-hydrogen) atoms. The summed E-state index contributed by atoms with van der Waals surface area (Å²) in [6.07, 6.45) is -0.629. The molecular formula is C19H22ClNO3. The second-order valence-corrected chi connectivity index (χ2v) is 6.23. The number of hydrogen-bond donors (Lipinski definition) is 1. The summed E-state index contributed by atoms with van der Waals surface area (Å²) in [6, 6.07) is 12.8. The minimum Gasteiger partial charge on any atom is -0.495 e. The lowest BCUT2D eigenvalue weighted by atomic mass is 10.0. The third-order valence-electron chi connectivity index (χ3n) is 3.65. The van der Waals surface area contributed by atoms with E-state index in [1.807, 2.05) is 24.3 Å². The fraction of sp³-hybridized carbons (Fsp3) is 0.316. The Hall–Kier alpha value is -2.20. The van der Waals surface area contributed by atoms with E-state index in [-0.39, 0.29) is 5.91 Å². The van der Waals surface area contributed by atoms with E-state index < -0.39 is 6.10 Å². The second kappa shape index (κ2) is 8.06. The average Bonchev–Trinajstić information content (AvgIpc) is 2.55. The zero-order valence-electron chi connectivity index (χ0n) is 14.3. The van der Waals surface area contributed by atoms with Gasteiger partial charge >= 0.3 is 0 Å². The first kappa shape index (κ1) is 18.1. The molecule has 2 rings (SSSR count). The second-order valence-electron chi connectivity index (χ2n) is 5.82. The first-order valence-corrected chi connectivity index (χ1v) is 8.19. The lowest BCUT2D eigenvalue weighted by molar-refractivity contribution is -0.122. The van der Waals surface area contributed by atoms with E-state index >= 15 is 0 Å². The number of anilines is 1. The molecule has 0 aliphatic rings. The Morgan fingerprint density at radius 1 is 1.08 bits per heavy atom. The van der Waals surface area contributed by atoms with Crippen molar-refractivity contribution >= 4 is 23.2 Å². The maximum Gasteiger partial charge on any atom is 0.265 e. The van der Waals surface area contributed by atoms with Gasteiger partial charge in [0.25, 0.3) is 5.91 Å². The van der Waals surface area contributed by atoms with Crippen molar-refractivity contribution < 1.29 is 14.3 Å². The molecule has 0 aliphatic carbocycles. The van der Waals surface area contributed by atoms with Gasteiger partial charge in [-0.2, -0.15) is 0 Å². The zero-order valence-corrected chi connectivity index (χ0v) is 15.1. The van der Waals surface area contributed by atoms with Gasteiger partial charge in [0.2, 0.25) is 0 Å². The third-order valence-corrected chi connectivity index (χ3v) is 3.94. The number of carbonyl (C=O) groups excluding carboxylic acids is 1. The van der Waals surface area contributed by atoms with Gasteiger partial charge in [-0.05, 0) is 48.7 Å². The van der Waals surface area contributed by atoms with Crippen LogP contribution in [-0.4, -0.2) is 19.1 Å². The number of methoxy groups -OCH3 is 1. The van der Waals surface area contributed by atoms with E-state index in [0.29, 0.717) is 28.1 Å². The quantitative estimate of drug-likeness (QED) is 0.810. The van der Waals surface area contributed by atoms with Crippen LogP contribution in [0.15, 0.2) is 42.5 Å². The van der Waals surface area contributed by atoms with Crippen molar-refractivity contribution in [2.75, 3.05) is 12.4 Å². The monoisotopic (exact) mass is 347 g/mol. The number of nitrogens with one attached hydrogen (secondary N) is 1. The van der Waals surface area contributed by atoms with Crippen LogP contribution in [0.1, 0.15) is 32.3 Å². The van der Waals surface area contributed by atoms with E-state index in [9.17, 15) is 4.79 Å². The Bertz CT molecular complexity index is 698. The van der Waals surface area contributed by atoms with Crippen molar-refractivity contribution in [2.24, 2.45) is 0 Å². The van der Waals surface area contributed by atoms with Gasteiger partial charge in [-0.25, -0.2) is 0 Å². The summed E-state index contributed by atoms with van der Waals surface area (Å²) in [5.41, 5.74) is 1.82. The van der Waals surface area contributed by atoms with E-state index in [4.69, 9.17) is 21.1 Å². The first-order chi connectivity index (χ1) is 11.4. The normalized spacial score (nSPS) is 11.9. The highest BCUT2D eigenvalue weighted by atomic mass is 35.5. The topological polar surface area (TPSA) is 47.6 Å². The number of hydrogen-bond acceptors (Lipinski definition) is 3. The predicted molar refractivity (Wildman–Crippen MR) is 97.3 cm³/mol. The number of ether oxygens (including phenoxy) is 2. The Balaban J connectivity index is 1.97. The van der Waals surface area contributed by atoms with Crippen LogP contribution in [0.25, 0.3) is 0 Å². The molecule has 0 unspecified atom stereocenters. The molecule has 0 aliphatic heterocycles. The van der Waals surface area contributed by atoms with Crippen molar-refractivity contribution in [3.8, 4) is 11.5 Å². The molecule has 1 amide bonds. The third kappa shape index (κ3) is 4.65. The Kier molecular flexibility index (Phi) is 6.10. The highest BCUT2D eigenvalue weighted by Crippen LogP contribution is 2.27. The first-order valence-electron chi connectivity index (χ1n) is 7.81. The average molecular weight is 348 g/mol. The summed E-state index contributed by atoms with van der Waals surface area (Å²) in [4.78, 5) is 12.2.